The Morgan fingerprint density at radius 2 is 1.88 bits per heavy atom. The minimum Gasteiger partial charge on any atom is -0.355 e. The van der Waals surface area contributed by atoms with Crippen molar-refractivity contribution in [3.05, 3.63) is 89.9 Å². The van der Waals surface area contributed by atoms with E-state index in [1.165, 1.54) is 12.8 Å². The number of amides is 1. The number of carbonyl (C=O) groups excluding carboxylic acids is 1. The molecule has 5 rings (SSSR count). The molecule has 1 aliphatic carbocycles. The maximum Gasteiger partial charge on any atom is 0.283 e. The van der Waals surface area contributed by atoms with Crippen LogP contribution in [0.1, 0.15) is 48.3 Å². The highest BCUT2D eigenvalue weighted by molar-refractivity contribution is 7.90. The molecule has 8 nitrogen and oxygen atoms in total. The molecule has 2 aromatic heterocycles. The molecule has 0 saturated heterocycles. The van der Waals surface area contributed by atoms with Gasteiger partial charge in [0, 0.05) is 36.8 Å². The number of carbonyl (C=O) groups is 1. The van der Waals surface area contributed by atoms with E-state index < -0.39 is 10.0 Å². The van der Waals surface area contributed by atoms with Crippen LogP contribution in [0, 0.1) is 12.8 Å². The van der Waals surface area contributed by atoms with Crippen molar-refractivity contribution in [3.8, 4) is 0 Å². The third kappa shape index (κ3) is 6.59. The first-order valence-corrected chi connectivity index (χ1v) is 15.3. The SMILES string of the molecule is Cc1ccc(S(=O)(=O)n2ncc3cc(C[C@@H](CNC(=O)C[C@@H](CC4CC4)c4cccnc4)N(C)C)ccc32)cc1. The monoisotopic (exact) mass is 559 g/mol. The van der Waals surface area contributed by atoms with E-state index in [-0.39, 0.29) is 22.8 Å². The third-order valence-corrected chi connectivity index (χ3v) is 9.40. The second-order valence-corrected chi connectivity index (χ2v) is 13.0. The molecule has 0 spiro atoms. The van der Waals surface area contributed by atoms with Gasteiger partial charge >= 0.3 is 0 Å². The molecule has 1 N–H and O–H groups in total. The van der Waals surface area contributed by atoms with Crippen LogP contribution >= 0.6 is 0 Å². The van der Waals surface area contributed by atoms with Gasteiger partial charge in [0.2, 0.25) is 5.91 Å². The summed E-state index contributed by atoms with van der Waals surface area (Å²) < 4.78 is 27.5. The average Bonchev–Trinajstić information content (AvgIpc) is 3.66. The van der Waals surface area contributed by atoms with Crippen molar-refractivity contribution in [1.82, 2.24) is 24.4 Å². The van der Waals surface area contributed by atoms with Gasteiger partial charge in [-0.15, -0.1) is 0 Å². The molecule has 2 atom stereocenters. The number of pyridine rings is 1. The molecule has 1 saturated carbocycles. The summed E-state index contributed by atoms with van der Waals surface area (Å²) in [6.07, 6.45) is 9.94. The molecule has 0 radical (unpaired) electrons. The van der Waals surface area contributed by atoms with E-state index in [2.05, 4.69) is 26.4 Å². The summed E-state index contributed by atoms with van der Waals surface area (Å²) in [6.45, 7) is 2.44. The number of benzene rings is 2. The molecule has 1 fully saturated rings. The fraction of sp³-hybridized carbons (Fsp3) is 0.387. The van der Waals surface area contributed by atoms with Crippen LogP contribution in [0.25, 0.3) is 10.9 Å². The van der Waals surface area contributed by atoms with Crippen molar-refractivity contribution in [2.75, 3.05) is 20.6 Å². The summed E-state index contributed by atoms with van der Waals surface area (Å²) in [6, 6.07) is 16.6. The standard InChI is InChI=1S/C31H37N5O3S/c1-22-6-11-29(12-7-22)40(38,39)36-30-13-10-24(16-27(30)20-34-36)17-28(35(2)3)21-33-31(37)18-26(15-23-8-9-23)25-5-4-14-32-19-25/h4-7,10-14,16,19-20,23,26,28H,8-9,15,17-18,21H2,1-3H3,(H,33,37)/t26-,28+/m1/s1. The highest BCUT2D eigenvalue weighted by Gasteiger charge is 2.28. The Bertz CT molecular complexity index is 1560. The normalized spacial score (nSPS) is 15.3. The maximum atomic E-state index is 13.2. The van der Waals surface area contributed by atoms with Gasteiger partial charge in [-0.1, -0.05) is 42.7 Å². The van der Waals surface area contributed by atoms with Gasteiger partial charge in [0.25, 0.3) is 10.0 Å². The zero-order chi connectivity index (χ0) is 28.3. The molecule has 2 heterocycles. The van der Waals surface area contributed by atoms with Crippen molar-refractivity contribution >= 4 is 26.8 Å². The fourth-order valence-corrected chi connectivity index (χ4v) is 6.41. The Morgan fingerprint density at radius 1 is 1.10 bits per heavy atom. The lowest BCUT2D eigenvalue weighted by Crippen LogP contribution is -2.41. The number of fused-ring (bicyclic) bond motifs is 1. The van der Waals surface area contributed by atoms with Gasteiger partial charge in [-0.2, -0.15) is 17.6 Å². The highest BCUT2D eigenvalue weighted by Crippen LogP contribution is 2.39. The molecule has 40 heavy (non-hydrogen) atoms. The van der Waals surface area contributed by atoms with Crippen LogP contribution in [0.15, 0.2) is 78.1 Å². The van der Waals surface area contributed by atoms with Gasteiger partial charge in [0.15, 0.2) is 0 Å². The number of hydrogen-bond donors (Lipinski definition) is 1. The van der Waals surface area contributed by atoms with E-state index >= 15 is 0 Å². The molecule has 0 bridgehead atoms. The molecule has 9 heteroatoms. The smallest absolute Gasteiger partial charge is 0.283 e. The molecule has 1 aliphatic rings. The van der Waals surface area contributed by atoms with E-state index in [0.29, 0.717) is 24.9 Å². The molecule has 1 amide bonds. The first-order valence-electron chi connectivity index (χ1n) is 13.8. The van der Waals surface area contributed by atoms with Crippen molar-refractivity contribution in [3.63, 3.8) is 0 Å². The van der Waals surface area contributed by atoms with E-state index in [1.807, 2.05) is 51.5 Å². The van der Waals surface area contributed by atoms with Crippen molar-refractivity contribution < 1.29 is 13.2 Å². The zero-order valence-electron chi connectivity index (χ0n) is 23.3. The number of aryl methyl sites for hydroxylation is 1. The lowest BCUT2D eigenvalue weighted by Gasteiger charge is -2.25. The highest BCUT2D eigenvalue weighted by atomic mass is 32.2. The van der Waals surface area contributed by atoms with Gasteiger partial charge in [0.05, 0.1) is 16.6 Å². The number of hydrogen-bond acceptors (Lipinski definition) is 6. The lowest BCUT2D eigenvalue weighted by molar-refractivity contribution is -0.121. The minimum absolute atomic E-state index is 0.0550. The average molecular weight is 560 g/mol. The Labute approximate surface area is 236 Å². The lowest BCUT2D eigenvalue weighted by atomic mass is 9.91. The second kappa shape index (κ2) is 11.9. The third-order valence-electron chi connectivity index (χ3n) is 7.79. The summed E-state index contributed by atoms with van der Waals surface area (Å²) in [4.78, 5) is 19.6. The van der Waals surface area contributed by atoms with E-state index in [0.717, 1.165) is 38.5 Å². The fourth-order valence-electron chi connectivity index (χ4n) is 5.13. The van der Waals surface area contributed by atoms with Crippen LogP contribution in [0.3, 0.4) is 0 Å². The molecular weight excluding hydrogens is 522 g/mol. The van der Waals surface area contributed by atoms with E-state index in [9.17, 15) is 13.2 Å². The zero-order valence-corrected chi connectivity index (χ0v) is 24.1. The maximum absolute atomic E-state index is 13.2. The summed E-state index contributed by atoms with van der Waals surface area (Å²) >= 11 is 0. The second-order valence-electron chi connectivity index (χ2n) is 11.2. The van der Waals surface area contributed by atoms with Gasteiger partial charge in [-0.25, -0.2) is 0 Å². The summed E-state index contributed by atoms with van der Waals surface area (Å²) in [5.74, 6) is 0.965. The summed E-state index contributed by atoms with van der Waals surface area (Å²) in [5.41, 5.74) is 3.71. The van der Waals surface area contributed by atoms with Crippen molar-refractivity contribution in [2.24, 2.45) is 5.92 Å². The number of nitrogens with zero attached hydrogens (tertiary/aromatic N) is 4. The molecular formula is C31H37N5O3S. The first-order chi connectivity index (χ1) is 19.2. The predicted molar refractivity (Wildman–Crippen MR) is 157 cm³/mol. The van der Waals surface area contributed by atoms with Gasteiger partial charge in [0.1, 0.15) is 0 Å². The topological polar surface area (TPSA) is 97.2 Å². The van der Waals surface area contributed by atoms with Crippen molar-refractivity contribution in [1.29, 1.82) is 0 Å². The number of rotatable bonds is 12. The van der Waals surface area contributed by atoms with Crippen LogP contribution in [-0.2, 0) is 21.2 Å². The Balaban J connectivity index is 1.25. The first kappa shape index (κ1) is 28.0. The Hall–Kier alpha value is -3.56. The number of likely N-dealkylation sites (N-methyl/N-ethyl adjacent to an activating group) is 1. The van der Waals surface area contributed by atoms with Crippen LogP contribution < -0.4 is 5.32 Å². The van der Waals surface area contributed by atoms with Crippen LogP contribution in [-0.4, -0.2) is 60.1 Å². The molecule has 210 valence electrons. The number of aromatic nitrogens is 3. The van der Waals surface area contributed by atoms with E-state index in [1.54, 1.807) is 36.7 Å². The quantitative estimate of drug-likeness (QED) is 0.274. The largest absolute Gasteiger partial charge is 0.355 e. The predicted octanol–water partition coefficient (Wildman–Crippen LogP) is 4.54. The van der Waals surface area contributed by atoms with Crippen LogP contribution in [0.5, 0.6) is 0 Å². The number of nitrogens with one attached hydrogen (secondary N) is 1. The van der Waals surface area contributed by atoms with Gasteiger partial charge in [-0.3, -0.25) is 9.78 Å². The molecule has 2 aromatic carbocycles. The van der Waals surface area contributed by atoms with Gasteiger partial charge in [-0.05, 0) is 87.2 Å². The Kier molecular flexibility index (Phi) is 8.32. The summed E-state index contributed by atoms with van der Waals surface area (Å²) in [5, 5.41) is 8.14. The van der Waals surface area contributed by atoms with E-state index in [4.69, 9.17) is 0 Å². The summed E-state index contributed by atoms with van der Waals surface area (Å²) in [7, 11) is 0.219. The molecule has 0 aliphatic heterocycles. The Morgan fingerprint density at radius 3 is 2.55 bits per heavy atom. The molecule has 4 aromatic rings. The molecule has 0 unspecified atom stereocenters. The van der Waals surface area contributed by atoms with Crippen LogP contribution in [0.4, 0.5) is 0 Å². The minimum atomic E-state index is -3.79. The van der Waals surface area contributed by atoms with Crippen LogP contribution in [0.2, 0.25) is 0 Å². The van der Waals surface area contributed by atoms with Crippen molar-refractivity contribution in [2.45, 2.75) is 55.9 Å². The van der Waals surface area contributed by atoms with Gasteiger partial charge < -0.3 is 10.2 Å².